The molecule has 2 nitrogen and oxygen atoms in total. The van der Waals surface area contributed by atoms with Gasteiger partial charge >= 0.3 is 0 Å². The summed E-state index contributed by atoms with van der Waals surface area (Å²) < 4.78 is -0.573. The summed E-state index contributed by atoms with van der Waals surface area (Å²) in [4.78, 5) is 4.58. The Kier molecular flexibility index (Phi) is 3.55. The van der Waals surface area contributed by atoms with E-state index in [4.69, 9.17) is 23.2 Å². The molecule has 0 amide bonds. The zero-order valence-electron chi connectivity index (χ0n) is 4.86. The lowest BCUT2D eigenvalue weighted by Gasteiger charge is -1.97. The third-order valence-corrected chi connectivity index (χ3v) is 1.92. The second-order valence-corrected chi connectivity index (χ2v) is 3.38. The molecular formula is C4H8Cl3NO. The highest BCUT2D eigenvalue weighted by molar-refractivity contribution is 6.51. The van der Waals surface area contributed by atoms with Crippen LogP contribution in [0.2, 0.25) is 0 Å². The van der Waals surface area contributed by atoms with Crippen LogP contribution in [-0.2, 0) is 4.84 Å². The highest BCUT2D eigenvalue weighted by Gasteiger charge is 2.52. The Morgan fingerprint density at radius 3 is 2.22 bits per heavy atom. The molecule has 0 aliphatic heterocycles. The maximum atomic E-state index is 5.61. The van der Waals surface area contributed by atoms with E-state index in [9.17, 15) is 0 Å². The average Bonchev–Trinajstić information content (AvgIpc) is 2.15. The third kappa shape index (κ3) is 2.48. The largest absolute Gasteiger partial charge is 0.305 e. The molecule has 9 heavy (non-hydrogen) atoms. The van der Waals surface area contributed by atoms with Gasteiger partial charge in [0.05, 0.1) is 13.2 Å². The minimum absolute atomic E-state index is 0. The molecule has 0 saturated heterocycles. The topological polar surface area (TPSA) is 21.3 Å². The molecule has 5 heteroatoms. The number of rotatable bonds is 2. The zero-order chi connectivity index (χ0) is 6.20. The Morgan fingerprint density at radius 1 is 1.67 bits per heavy atom. The van der Waals surface area contributed by atoms with E-state index in [1.165, 1.54) is 0 Å². The van der Waals surface area contributed by atoms with E-state index in [0.717, 1.165) is 6.42 Å². The quantitative estimate of drug-likeness (QED) is 0.529. The van der Waals surface area contributed by atoms with Crippen molar-refractivity contribution in [3.63, 3.8) is 0 Å². The molecule has 1 fully saturated rings. The normalized spacial score (nSPS) is 29.0. The van der Waals surface area contributed by atoms with Crippen molar-refractivity contribution in [2.24, 2.45) is 0 Å². The average molecular weight is 192 g/mol. The minimum Gasteiger partial charge on any atom is -0.305 e. The first kappa shape index (κ1) is 9.79. The fraction of sp³-hybridized carbons (Fsp3) is 1.00. The van der Waals surface area contributed by atoms with E-state index < -0.39 is 4.33 Å². The van der Waals surface area contributed by atoms with Crippen LogP contribution in [0.1, 0.15) is 6.42 Å². The monoisotopic (exact) mass is 191 g/mol. The van der Waals surface area contributed by atoms with Crippen LogP contribution in [0.15, 0.2) is 0 Å². The summed E-state index contributed by atoms with van der Waals surface area (Å²) in [5, 5.41) is 0. The van der Waals surface area contributed by atoms with Gasteiger partial charge in [-0.1, -0.05) is 23.2 Å². The van der Waals surface area contributed by atoms with Crippen molar-refractivity contribution < 1.29 is 4.84 Å². The molecule has 1 aliphatic rings. The van der Waals surface area contributed by atoms with Gasteiger partial charge in [-0.05, 0) is 0 Å². The highest BCUT2D eigenvalue weighted by Crippen LogP contribution is 2.46. The van der Waals surface area contributed by atoms with E-state index >= 15 is 0 Å². The number of hydrogen-bond donors (Lipinski definition) is 1. The Morgan fingerprint density at radius 2 is 2.11 bits per heavy atom. The van der Waals surface area contributed by atoms with Crippen LogP contribution in [0.4, 0.5) is 0 Å². The Labute approximate surface area is 70.2 Å². The van der Waals surface area contributed by atoms with Crippen LogP contribution >= 0.6 is 35.6 Å². The van der Waals surface area contributed by atoms with Gasteiger partial charge in [0, 0.05) is 6.42 Å². The van der Waals surface area contributed by atoms with Gasteiger partial charge in [-0.15, -0.1) is 12.4 Å². The van der Waals surface area contributed by atoms with Crippen LogP contribution in [0, 0.1) is 0 Å². The lowest BCUT2D eigenvalue weighted by Crippen LogP contribution is -2.18. The number of alkyl halides is 2. The summed E-state index contributed by atoms with van der Waals surface area (Å²) in [6, 6.07) is 0.121. The summed E-state index contributed by atoms with van der Waals surface area (Å²) >= 11 is 11.2. The minimum atomic E-state index is -0.573. The van der Waals surface area contributed by atoms with Gasteiger partial charge in [-0.25, -0.2) is 0 Å². The number of hydroxylamine groups is 1. The molecule has 0 aromatic carbocycles. The van der Waals surface area contributed by atoms with Crippen molar-refractivity contribution in [1.29, 1.82) is 0 Å². The van der Waals surface area contributed by atoms with Gasteiger partial charge in [-0.2, -0.15) is 5.48 Å². The van der Waals surface area contributed by atoms with Crippen molar-refractivity contribution in [2.75, 3.05) is 7.11 Å². The van der Waals surface area contributed by atoms with Crippen LogP contribution in [0.25, 0.3) is 0 Å². The van der Waals surface area contributed by atoms with E-state index in [0.29, 0.717) is 0 Å². The summed E-state index contributed by atoms with van der Waals surface area (Å²) in [7, 11) is 1.54. The van der Waals surface area contributed by atoms with Crippen molar-refractivity contribution in [3.05, 3.63) is 0 Å². The third-order valence-electron chi connectivity index (χ3n) is 1.09. The fourth-order valence-electron chi connectivity index (χ4n) is 0.483. The first-order chi connectivity index (χ1) is 3.67. The van der Waals surface area contributed by atoms with Gasteiger partial charge in [0.25, 0.3) is 0 Å². The number of halogens is 3. The summed E-state index contributed by atoms with van der Waals surface area (Å²) in [5.74, 6) is 0. The lowest BCUT2D eigenvalue weighted by atomic mass is 10.8. The summed E-state index contributed by atoms with van der Waals surface area (Å²) in [5.41, 5.74) is 2.65. The predicted molar refractivity (Wildman–Crippen MR) is 40.2 cm³/mol. The smallest absolute Gasteiger partial charge is 0.137 e. The van der Waals surface area contributed by atoms with Crippen LogP contribution < -0.4 is 5.48 Å². The second kappa shape index (κ2) is 3.26. The molecule has 0 bridgehead atoms. The van der Waals surface area contributed by atoms with Gasteiger partial charge in [-0.3, -0.25) is 0 Å². The zero-order valence-corrected chi connectivity index (χ0v) is 7.19. The molecule has 56 valence electrons. The first-order valence-corrected chi connectivity index (χ1v) is 3.09. The van der Waals surface area contributed by atoms with Crippen molar-refractivity contribution >= 4 is 35.6 Å². The molecule has 1 saturated carbocycles. The predicted octanol–water partition coefficient (Wildman–Crippen LogP) is 1.51. The van der Waals surface area contributed by atoms with Crippen molar-refractivity contribution in [1.82, 2.24) is 5.48 Å². The summed E-state index contributed by atoms with van der Waals surface area (Å²) in [6.45, 7) is 0. The van der Waals surface area contributed by atoms with Gasteiger partial charge in [0.15, 0.2) is 0 Å². The molecule has 0 radical (unpaired) electrons. The molecule has 1 atom stereocenters. The van der Waals surface area contributed by atoms with E-state index in [1.54, 1.807) is 7.11 Å². The molecule has 1 N–H and O–H groups in total. The molecule has 0 aromatic rings. The van der Waals surface area contributed by atoms with Crippen LogP contribution in [0.3, 0.4) is 0 Å². The fourth-order valence-corrected chi connectivity index (χ4v) is 0.881. The molecule has 0 heterocycles. The SMILES string of the molecule is CONC1CC1(Cl)Cl.Cl. The van der Waals surface area contributed by atoms with E-state index in [-0.39, 0.29) is 18.4 Å². The van der Waals surface area contributed by atoms with Crippen LogP contribution in [-0.4, -0.2) is 17.5 Å². The number of hydrogen-bond acceptors (Lipinski definition) is 2. The van der Waals surface area contributed by atoms with Crippen molar-refractivity contribution in [2.45, 2.75) is 16.8 Å². The van der Waals surface area contributed by atoms with Gasteiger partial charge in [0.2, 0.25) is 0 Å². The lowest BCUT2D eigenvalue weighted by molar-refractivity contribution is 0.0857. The molecule has 1 unspecified atom stereocenters. The van der Waals surface area contributed by atoms with Crippen molar-refractivity contribution in [3.8, 4) is 0 Å². The first-order valence-electron chi connectivity index (χ1n) is 2.33. The standard InChI is InChI=1S/C4H7Cl2NO.ClH/c1-8-7-3-2-4(3,5)6;/h3,7H,2H2,1H3;1H. The molecule has 0 aromatic heterocycles. The maximum Gasteiger partial charge on any atom is 0.137 e. The Balaban J connectivity index is 0.000000640. The second-order valence-electron chi connectivity index (χ2n) is 1.84. The van der Waals surface area contributed by atoms with E-state index in [2.05, 4.69) is 10.3 Å². The maximum absolute atomic E-state index is 5.61. The molecule has 1 rings (SSSR count). The van der Waals surface area contributed by atoms with E-state index in [1.807, 2.05) is 0 Å². The Bertz CT molecular complexity index is 97.8. The van der Waals surface area contributed by atoms with Gasteiger partial charge in [0.1, 0.15) is 4.33 Å². The molecule has 1 aliphatic carbocycles. The molecular weight excluding hydrogens is 184 g/mol. The van der Waals surface area contributed by atoms with Crippen LogP contribution in [0.5, 0.6) is 0 Å². The highest BCUT2D eigenvalue weighted by atomic mass is 35.5. The molecule has 0 spiro atoms. The van der Waals surface area contributed by atoms with Gasteiger partial charge < -0.3 is 4.84 Å². The Hall–Kier alpha value is 0.790. The number of nitrogens with one attached hydrogen (secondary N) is 1. The summed E-state index contributed by atoms with van der Waals surface area (Å²) in [6.07, 6.45) is 0.768.